The van der Waals surface area contributed by atoms with Crippen molar-refractivity contribution >= 4 is 17.2 Å². The van der Waals surface area contributed by atoms with Crippen LogP contribution in [0.5, 0.6) is 0 Å². The summed E-state index contributed by atoms with van der Waals surface area (Å²) >= 11 is 1.48. The van der Waals surface area contributed by atoms with E-state index in [9.17, 15) is 4.79 Å². The Morgan fingerprint density at radius 2 is 2.05 bits per heavy atom. The van der Waals surface area contributed by atoms with Gasteiger partial charge in [0, 0.05) is 24.0 Å². The average Bonchev–Trinajstić information content (AvgIpc) is 2.94. The monoisotopic (exact) mass is 289 g/mol. The van der Waals surface area contributed by atoms with E-state index in [0.29, 0.717) is 24.7 Å². The first-order valence-electron chi connectivity index (χ1n) is 6.66. The largest absolute Gasteiger partial charge is 0.349 e. The van der Waals surface area contributed by atoms with Gasteiger partial charge in [0.25, 0.3) is 5.91 Å². The highest BCUT2D eigenvalue weighted by atomic mass is 32.1. The Labute approximate surface area is 123 Å². The number of benzene rings is 1. The van der Waals surface area contributed by atoms with Crippen LogP contribution in [-0.4, -0.2) is 24.0 Å². The predicted octanol–water partition coefficient (Wildman–Crippen LogP) is 2.62. The third-order valence-electron chi connectivity index (χ3n) is 2.99. The van der Waals surface area contributed by atoms with E-state index >= 15 is 0 Å². The van der Waals surface area contributed by atoms with Gasteiger partial charge in [-0.25, -0.2) is 4.98 Å². The molecular weight excluding hydrogens is 270 g/mol. The molecule has 1 aromatic heterocycles. The van der Waals surface area contributed by atoms with Crippen molar-refractivity contribution in [2.45, 2.75) is 19.8 Å². The van der Waals surface area contributed by atoms with Crippen LogP contribution >= 0.6 is 11.3 Å². The normalized spacial score (nSPS) is 10.8. The first kappa shape index (κ1) is 14.7. The highest BCUT2D eigenvalue weighted by Crippen LogP contribution is 2.25. The number of amides is 1. The second-order valence-electron chi connectivity index (χ2n) is 4.86. The number of carbonyl (C=O) groups excluding carboxylic acids is 1. The van der Waals surface area contributed by atoms with Crippen LogP contribution < -0.4 is 11.1 Å². The van der Waals surface area contributed by atoms with Gasteiger partial charge in [0.2, 0.25) is 0 Å². The topological polar surface area (TPSA) is 68.0 Å². The second kappa shape index (κ2) is 6.63. The van der Waals surface area contributed by atoms with E-state index in [-0.39, 0.29) is 5.91 Å². The van der Waals surface area contributed by atoms with Gasteiger partial charge in [-0.05, 0) is 11.5 Å². The summed E-state index contributed by atoms with van der Waals surface area (Å²) in [6, 6.07) is 8.32. The summed E-state index contributed by atoms with van der Waals surface area (Å²) in [7, 11) is 0. The van der Waals surface area contributed by atoms with Crippen molar-refractivity contribution in [1.29, 1.82) is 0 Å². The van der Waals surface area contributed by atoms with Gasteiger partial charge in [0.1, 0.15) is 10.7 Å². The molecule has 0 aliphatic rings. The lowest BCUT2D eigenvalue weighted by atomic mass is 10.0. The van der Waals surface area contributed by atoms with Crippen LogP contribution in [0.15, 0.2) is 29.6 Å². The minimum Gasteiger partial charge on any atom is -0.349 e. The van der Waals surface area contributed by atoms with Crippen LogP contribution in [0.2, 0.25) is 0 Å². The molecule has 0 unspecified atom stereocenters. The molecule has 3 N–H and O–H groups in total. The summed E-state index contributed by atoms with van der Waals surface area (Å²) in [5, 5.41) is 5.35. The zero-order valence-corrected chi connectivity index (χ0v) is 12.5. The lowest BCUT2D eigenvalue weighted by Crippen LogP contribution is -2.29. The maximum atomic E-state index is 11.8. The van der Waals surface area contributed by atoms with Crippen LogP contribution in [0.1, 0.15) is 35.8 Å². The number of nitrogens with two attached hydrogens (primary N) is 1. The number of aromatic nitrogens is 1. The molecule has 1 aromatic carbocycles. The number of thiazole rings is 1. The molecule has 1 amide bonds. The molecule has 0 fully saturated rings. The van der Waals surface area contributed by atoms with Crippen LogP contribution in [0.4, 0.5) is 0 Å². The standard InChI is InChI=1S/C15H19N3OS/c1-10(2)11-3-5-12(6-4-11)15-18-13(9-20-15)14(19)17-8-7-16/h3-6,9-10H,7-8,16H2,1-2H3,(H,17,19). The summed E-state index contributed by atoms with van der Waals surface area (Å²) in [6.45, 7) is 5.23. The molecule has 0 saturated carbocycles. The number of nitrogens with one attached hydrogen (secondary N) is 1. The van der Waals surface area contributed by atoms with Crippen LogP contribution in [0.25, 0.3) is 10.6 Å². The summed E-state index contributed by atoms with van der Waals surface area (Å²) < 4.78 is 0. The Balaban J connectivity index is 2.14. The molecule has 20 heavy (non-hydrogen) atoms. The van der Waals surface area contributed by atoms with Gasteiger partial charge in [0.05, 0.1) is 0 Å². The van der Waals surface area contributed by atoms with Crippen molar-refractivity contribution in [2.75, 3.05) is 13.1 Å². The molecule has 1 heterocycles. The first-order valence-corrected chi connectivity index (χ1v) is 7.54. The lowest BCUT2D eigenvalue weighted by molar-refractivity contribution is 0.0950. The smallest absolute Gasteiger partial charge is 0.270 e. The first-order chi connectivity index (χ1) is 9.61. The summed E-state index contributed by atoms with van der Waals surface area (Å²) in [4.78, 5) is 16.1. The van der Waals surface area contributed by atoms with Gasteiger partial charge < -0.3 is 11.1 Å². The van der Waals surface area contributed by atoms with E-state index in [1.165, 1.54) is 16.9 Å². The van der Waals surface area contributed by atoms with Gasteiger partial charge >= 0.3 is 0 Å². The van der Waals surface area contributed by atoms with Gasteiger partial charge in [-0.2, -0.15) is 0 Å². The van der Waals surface area contributed by atoms with Crippen molar-refractivity contribution < 1.29 is 4.79 Å². The maximum absolute atomic E-state index is 11.8. The molecule has 0 atom stereocenters. The van der Waals surface area contributed by atoms with Crippen molar-refractivity contribution in [3.63, 3.8) is 0 Å². The zero-order valence-electron chi connectivity index (χ0n) is 11.7. The third-order valence-corrected chi connectivity index (χ3v) is 3.88. The highest BCUT2D eigenvalue weighted by molar-refractivity contribution is 7.13. The lowest BCUT2D eigenvalue weighted by Gasteiger charge is -2.05. The van der Waals surface area contributed by atoms with E-state index in [1.807, 2.05) is 0 Å². The molecule has 4 nitrogen and oxygen atoms in total. The molecule has 0 bridgehead atoms. The molecule has 0 aliphatic heterocycles. The molecule has 2 rings (SSSR count). The Hall–Kier alpha value is -1.72. The molecule has 5 heteroatoms. The zero-order chi connectivity index (χ0) is 14.5. The van der Waals surface area contributed by atoms with Crippen LogP contribution in [0, 0.1) is 0 Å². The quantitative estimate of drug-likeness (QED) is 0.889. The summed E-state index contributed by atoms with van der Waals surface area (Å²) in [5.41, 5.74) is 8.14. The fourth-order valence-corrected chi connectivity index (χ4v) is 2.60. The predicted molar refractivity (Wildman–Crippen MR) is 83.0 cm³/mol. The number of hydrogen-bond donors (Lipinski definition) is 2. The third kappa shape index (κ3) is 3.43. The highest BCUT2D eigenvalue weighted by Gasteiger charge is 2.11. The Kier molecular flexibility index (Phi) is 4.87. The number of rotatable bonds is 5. The Bertz CT molecular complexity index is 575. The second-order valence-corrected chi connectivity index (χ2v) is 5.72. The van der Waals surface area contributed by atoms with Crippen molar-refractivity contribution in [3.05, 3.63) is 40.9 Å². The summed E-state index contributed by atoms with van der Waals surface area (Å²) in [6.07, 6.45) is 0. The van der Waals surface area contributed by atoms with E-state index in [1.54, 1.807) is 5.38 Å². The van der Waals surface area contributed by atoms with Crippen molar-refractivity contribution in [1.82, 2.24) is 10.3 Å². The molecule has 2 aromatic rings. The van der Waals surface area contributed by atoms with E-state index in [4.69, 9.17) is 5.73 Å². The Morgan fingerprint density at radius 1 is 1.35 bits per heavy atom. The van der Waals surface area contributed by atoms with E-state index < -0.39 is 0 Å². The number of nitrogens with zero attached hydrogens (tertiary/aromatic N) is 1. The van der Waals surface area contributed by atoms with Crippen molar-refractivity contribution in [3.8, 4) is 10.6 Å². The molecule has 0 radical (unpaired) electrons. The summed E-state index contributed by atoms with van der Waals surface area (Å²) in [5.74, 6) is 0.342. The molecule has 106 valence electrons. The molecule has 0 spiro atoms. The molecular formula is C15H19N3OS. The Morgan fingerprint density at radius 3 is 2.65 bits per heavy atom. The minimum absolute atomic E-state index is 0.170. The number of hydrogen-bond acceptors (Lipinski definition) is 4. The van der Waals surface area contributed by atoms with Crippen LogP contribution in [0.3, 0.4) is 0 Å². The fourth-order valence-electron chi connectivity index (χ4n) is 1.80. The van der Waals surface area contributed by atoms with Gasteiger partial charge in [-0.1, -0.05) is 38.1 Å². The van der Waals surface area contributed by atoms with Gasteiger partial charge in [-0.3, -0.25) is 4.79 Å². The van der Waals surface area contributed by atoms with Crippen LogP contribution in [-0.2, 0) is 0 Å². The average molecular weight is 289 g/mol. The fraction of sp³-hybridized carbons (Fsp3) is 0.333. The maximum Gasteiger partial charge on any atom is 0.270 e. The van der Waals surface area contributed by atoms with E-state index in [2.05, 4.69) is 48.4 Å². The van der Waals surface area contributed by atoms with E-state index in [0.717, 1.165) is 10.6 Å². The molecule has 0 saturated heterocycles. The SMILES string of the molecule is CC(C)c1ccc(-c2nc(C(=O)NCCN)cs2)cc1. The number of carbonyl (C=O) groups is 1. The van der Waals surface area contributed by atoms with Gasteiger partial charge in [0.15, 0.2) is 0 Å². The van der Waals surface area contributed by atoms with Gasteiger partial charge in [-0.15, -0.1) is 11.3 Å². The molecule has 0 aliphatic carbocycles. The van der Waals surface area contributed by atoms with Crippen molar-refractivity contribution in [2.24, 2.45) is 5.73 Å². The minimum atomic E-state index is -0.170.